The summed E-state index contributed by atoms with van der Waals surface area (Å²) in [4.78, 5) is 14.9. The molecule has 4 heteroatoms. The number of hydrogen-bond donors (Lipinski definition) is 2. The summed E-state index contributed by atoms with van der Waals surface area (Å²) in [6, 6.07) is 10.8. The van der Waals surface area contributed by atoms with E-state index < -0.39 is 0 Å². The van der Waals surface area contributed by atoms with Gasteiger partial charge in [0.1, 0.15) is 0 Å². The molecule has 1 aromatic rings. The summed E-state index contributed by atoms with van der Waals surface area (Å²) in [6.07, 6.45) is 8.63. The summed E-state index contributed by atoms with van der Waals surface area (Å²) in [5, 5.41) is 6.51. The molecule has 144 valence electrons. The minimum absolute atomic E-state index is 0.150. The standard InChI is InChI=1S/C22H35N3O/c1-23-14-9-19-10-15-25(16-11-19)17-21(26)24-18-22(12-5-6-13-22)20-7-3-2-4-8-20/h2-4,7-8,19,23H,5-6,9-18H2,1H3,(H,24,26). The molecular formula is C22H35N3O. The van der Waals surface area contributed by atoms with E-state index in [1.807, 2.05) is 7.05 Å². The molecule has 0 radical (unpaired) electrons. The maximum atomic E-state index is 12.5. The summed E-state index contributed by atoms with van der Waals surface area (Å²) in [7, 11) is 2.02. The molecule has 1 aromatic carbocycles. The largest absolute Gasteiger partial charge is 0.354 e. The Labute approximate surface area is 158 Å². The van der Waals surface area contributed by atoms with Gasteiger partial charge >= 0.3 is 0 Å². The SMILES string of the molecule is CNCCC1CCN(CC(=O)NCC2(c3ccccc3)CCCC2)CC1. The van der Waals surface area contributed by atoms with Crippen LogP contribution in [-0.2, 0) is 10.2 Å². The van der Waals surface area contributed by atoms with Crippen LogP contribution in [0.15, 0.2) is 30.3 Å². The number of benzene rings is 1. The molecule has 4 nitrogen and oxygen atoms in total. The van der Waals surface area contributed by atoms with Crippen molar-refractivity contribution >= 4 is 5.91 Å². The van der Waals surface area contributed by atoms with Gasteiger partial charge in [0.25, 0.3) is 0 Å². The zero-order valence-corrected chi connectivity index (χ0v) is 16.3. The lowest BCUT2D eigenvalue weighted by Gasteiger charge is -2.33. The highest BCUT2D eigenvalue weighted by atomic mass is 16.2. The van der Waals surface area contributed by atoms with Crippen LogP contribution in [-0.4, -0.2) is 50.6 Å². The number of hydrogen-bond acceptors (Lipinski definition) is 3. The lowest BCUT2D eigenvalue weighted by molar-refractivity contribution is -0.122. The Bertz CT molecular complexity index is 546. The van der Waals surface area contributed by atoms with Crippen molar-refractivity contribution in [2.75, 3.05) is 39.8 Å². The van der Waals surface area contributed by atoms with Gasteiger partial charge in [-0.15, -0.1) is 0 Å². The van der Waals surface area contributed by atoms with Crippen molar-refractivity contribution in [3.63, 3.8) is 0 Å². The number of rotatable bonds is 8. The Balaban J connectivity index is 1.45. The van der Waals surface area contributed by atoms with Gasteiger partial charge in [0.05, 0.1) is 6.54 Å². The molecule has 2 aliphatic rings. The van der Waals surface area contributed by atoms with Crippen LogP contribution in [0.5, 0.6) is 0 Å². The van der Waals surface area contributed by atoms with Crippen LogP contribution < -0.4 is 10.6 Å². The van der Waals surface area contributed by atoms with Crippen LogP contribution in [0.3, 0.4) is 0 Å². The zero-order valence-electron chi connectivity index (χ0n) is 16.3. The van der Waals surface area contributed by atoms with E-state index in [0.29, 0.717) is 6.54 Å². The molecule has 0 bridgehead atoms. The average molecular weight is 358 g/mol. The van der Waals surface area contributed by atoms with Crippen molar-refractivity contribution in [1.82, 2.24) is 15.5 Å². The van der Waals surface area contributed by atoms with E-state index >= 15 is 0 Å². The van der Waals surface area contributed by atoms with Crippen molar-refractivity contribution in [2.24, 2.45) is 5.92 Å². The predicted molar refractivity (Wildman–Crippen MR) is 107 cm³/mol. The third-order valence-corrected chi connectivity index (χ3v) is 6.45. The predicted octanol–water partition coefficient (Wildman–Crippen LogP) is 2.94. The number of carbonyl (C=O) groups excluding carboxylic acids is 1. The Kier molecular flexibility index (Phi) is 7.09. The van der Waals surface area contributed by atoms with Crippen molar-refractivity contribution in [3.05, 3.63) is 35.9 Å². The smallest absolute Gasteiger partial charge is 0.234 e. The second kappa shape index (κ2) is 9.52. The molecule has 1 saturated heterocycles. The fourth-order valence-electron chi connectivity index (χ4n) is 4.72. The summed E-state index contributed by atoms with van der Waals surface area (Å²) in [5.74, 6) is 1.02. The van der Waals surface area contributed by atoms with E-state index in [2.05, 4.69) is 45.9 Å². The van der Waals surface area contributed by atoms with Gasteiger partial charge in [-0.05, 0) is 70.3 Å². The molecule has 1 aliphatic heterocycles. The Hall–Kier alpha value is -1.39. The highest BCUT2D eigenvalue weighted by Crippen LogP contribution is 2.40. The fraction of sp³-hybridized carbons (Fsp3) is 0.682. The van der Waals surface area contributed by atoms with E-state index in [4.69, 9.17) is 0 Å². The number of amides is 1. The molecule has 26 heavy (non-hydrogen) atoms. The van der Waals surface area contributed by atoms with E-state index in [-0.39, 0.29) is 11.3 Å². The molecule has 2 N–H and O–H groups in total. The summed E-state index contributed by atoms with van der Waals surface area (Å²) >= 11 is 0. The number of nitrogens with one attached hydrogen (secondary N) is 2. The van der Waals surface area contributed by atoms with Gasteiger partial charge in [-0.25, -0.2) is 0 Å². The van der Waals surface area contributed by atoms with Gasteiger partial charge in [0.15, 0.2) is 0 Å². The monoisotopic (exact) mass is 357 g/mol. The first-order chi connectivity index (χ1) is 12.7. The molecule has 0 spiro atoms. The number of carbonyl (C=O) groups is 1. The number of likely N-dealkylation sites (tertiary alicyclic amines) is 1. The maximum Gasteiger partial charge on any atom is 0.234 e. The minimum Gasteiger partial charge on any atom is -0.354 e. The molecule has 0 atom stereocenters. The van der Waals surface area contributed by atoms with Gasteiger partial charge in [-0.1, -0.05) is 43.2 Å². The van der Waals surface area contributed by atoms with Crippen molar-refractivity contribution in [3.8, 4) is 0 Å². The molecule has 0 aromatic heterocycles. The van der Waals surface area contributed by atoms with E-state index in [1.165, 1.54) is 50.5 Å². The molecule has 2 fully saturated rings. The average Bonchev–Trinajstić information content (AvgIpc) is 3.17. The van der Waals surface area contributed by atoms with Crippen LogP contribution in [0.25, 0.3) is 0 Å². The lowest BCUT2D eigenvalue weighted by atomic mass is 9.79. The van der Waals surface area contributed by atoms with Crippen LogP contribution in [0.1, 0.15) is 50.5 Å². The van der Waals surface area contributed by atoms with Gasteiger partial charge in [-0.3, -0.25) is 9.69 Å². The van der Waals surface area contributed by atoms with E-state index in [9.17, 15) is 4.79 Å². The highest BCUT2D eigenvalue weighted by molar-refractivity contribution is 5.78. The Morgan fingerprint density at radius 3 is 2.50 bits per heavy atom. The number of piperidine rings is 1. The van der Waals surface area contributed by atoms with Crippen LogP contribution in [0.4, 0.5) is 0 Å². The normalized spacial score (nSPS) is 21.0. The van der Waals surface area contributed by atoms with Crippen molar-refractivity contribution in [1.29, 1.82) is 0 Å². The third-order valence-electron chi connectivity index (χ3n) is 6.45. The number of nitrogens with zero attached hydrogens (tertiary/aromatic N) is 1. The van der Waals surface area contributed by atoms with Crippen molar-refractivity contribution in [2.45, 2.75) is 50.4 Å². The molecule has 3 rings (SSSR count). The maximum absolute atomic E-state index is 12.5. The Morgan fingerprint density at radius 2 is 1.85 bits per heavy atom. The van der Waals surface area contributed by atoms with Crippen LogP contribution in [0.2, 0.25) is 0 Å². The summed E-state index contributed by atoms with van der Waals surface area (Å²) < 4.78 is 0. The van der Waals surface area contributed by atoms with Gasteiger partial charge in [0.2, 0.25) is 5.91 Å². The molecule has 1 amide bonds. The molecule has 0 unspecified atom stereocenters. The fourth-order valence-corrected chi connectivity index (χ4v) is 4.72. The van der Waals surface area contributed by atoms with Gasteiger partial charge < -0.3 is 10.6 Å². The summed E-state index contributed by atoms with van der Waals surface area (Å²) in [5.41, 5.74) is 1.54. The van der Waals surface area contributed by atoms with Crippen molar-refractivity contribution < 1.29 is 4.79 Å². The third kappa shape index (κ3) is 5.08. The molecular weight excluding hydrogens is 322 g/mol. The lowest BCUT2D eigenvalue weighted by Crippen LogP contribution is -2.45. The van der Waals surface area contributed by atoms with Crippen LogP contribution >= 0.6 is 0 Å². The molecule has 1 heterocycles. The van der Waals surface area contributed by atoms with Gasteiger partial charge in [-0.2, -0.15) is 0 Å². The second-order valence-electron chi connectivity index (χ2n) is 8.24. The minimum atomic E-state index is 0.150. The first-order valence-corrected chi connectivity index (χ1v) is 10.4. The quantitative estimate of drug-likeness (QED) is 0.752. The summed E-state index contributed by atoms with van der Waals surface area (Å²) in [6.45, 7) is 4.57. The first kappa shape index (κ1) is 19.4. The molecule has 1 aliphatic carbocycles. The van der Waals surface area contributed by atoms with E-state index in [0.717, 1.165) is 32.1 Å². The first-order valence-electron chi connectivity index (χ1n) is 10.4. The van der Waals surface area contributed by atoms with E-state index in [1.54, 1.807) is 0 Å². The zero-order chi connectivity index (χ0) is 18.2. The molecule has 1 saturated carbocycles. The highest BCUT2D eigenvalue weighted by Gasteiger charge is 2.35. The van der Waals surface area contributed by atoms with Gasteiger partial charge in [0, 0.05) is 12.0 Å². The second-order valence-corrected chi connectivity index (χ2v) is 8.24. The van der Waals surface area contributed by atoms with Crippen LogP contribution in [0, 0.1) is 5.92 Å². The topological polar surface area (TPSA) is 44.4 Å². The Morgan fingerprint density at radius 1 is 1.15 bits per heavy atom.